The molecule has 150 valence electrons. The van der Waals surface area contributed by atoms with Crippen LogP contribution < -0.4 is 5.32 Å². The number of halogens is 1. The predicted octanol–water partition coefficient (Wildman–Crippen LogP) is 2.07. The molecule has 2 aromatic heterocycles. The summed E-state index contributed by atoms with van der Waals surface area (Å²) in [5.74, 6) is 5.65. The van der Waals surface area contributed by atoms with Gasteiger partial charge in [0.05, 0.1) is 6.61 Å². The first-order valence-corrected chi connectivity index (χ1v) is 9.25. The Morgan fingerprint density at radius 2 is 2.00 bits per heavy atom. The van der Waals surface area contributed by atoms with E-state index in [-0.39, 0.29) is 24.9 Å². The summed E-state index contributed by atoms with van der Waals surface area (Å²) >= 11 is 0. The summed E-state index contributed by atoms with van der Waals surface area (Å²) in [6, 6.07) is 11.7. The normalized spacial score (nSPS) is 10.8. The second kappa shape index (κ2) is 9.82. The maximum Gasteiger partial charge on any atom is 0.246 e. The van der Waals surface area contributed by atoms with Crippen LogP contribution in [0.25, 0.3) is 5.65 Å². The van der Waals surface area contributed by atoms with Gasteiger partial charge in [0.1, 0.15) is 29.5 Å². The Bertz CT molecular complexity index is 1030. The molecule has 1 N–H and O–H groups in total. The fraction of sp³-hybridized carbons (Fsp3) is 0.273. The van der Waals surface area contributed by atoms with Gasteiger partial charge in [-0.15, -0.1) is 0 Å². The number of nitrogens with zero attached hydrogens (tertiary/aromatic N) is 3. The van der Waals surface area contributed by atoms with Gasteiger partial charge in [-0.05, 0) is 56.4 Å². The molecule has 0 atom stereocenters. The van der Waals surface area contributed by atoms with Crippen molar-refractivity contribution in [1.82, 2.24) is 19.6 Å². The van der Waals surface area contributed by atoms with Crippen LogP contribution in [-0.4, -0.2) is 54.0 Å². The van der Waals surface area contributed by atoms with Gasteiger partial charge in [-0.1, -0.05) is 12.0 Å². The van der Waals surface area contributed by atoms with Crippen molar-refractivity contribution in [3.63, 3.8) is 0 Å². The van der Waals surface area contributed by atoms with E-state index in [0.29, 0.717) is 23.5 Å². The summed E-state index contributed by atoms with van der Waals surface area (Å²) in [6.07, 6.45) is 1.87. The molecule has 3 aromatic rings. The van der Waals surface area contributed by atoms with Gasteiger partial charge in [0.25, 0.3) is 0 Å². The van der Waals surface area contributed by atoms with E-state index in [1.54, 1.807) is 12.1 Å². The van der Waals surface area contributed by atoms with Crippen LogP contribution in [0.5, 0.6) is 0 Å². The molecule has 0 aliphatic rings. The summed E-state index contributed by atoms with van der Waals surface area (Å²) < 4.78 is 20.5. The second-order valence-electron chi connectivity index (χ2n) is 6.74. The molecular formula is C22H23FN4O2. The van der Waals surface area contributed by atoms with Crippen molar-refractivity contribution < 1.29 is 13.9 Å². The highest BCUT2D eigenvalue weighted by Gasteiger charge is 2.11. The number of imidazole rings is 1. The van der Waals surface area contributed by atoms with Crippen molar-refractivity contribution >= 4 is 11.6 Å². The number of aromatic nitrogens is 2. The topological polar surface area (TPSA) is 58.9 Å². The molecule has 0 bridgehead atoms. The van der Waals surface area contributed by atoms with Gasteiger partial charge in [-0.3, -0.25) is 9.20 Å². The fourth-order valence-electron chi connectivity index (χ4n) is 2.65. The zero-order valence-electron chi connectivity index (χ0n) is 16.5. The number of fused-ring (bicyclic) bond motifs is 1. The van der Waals surface area contributed by atoms with Crippen LogP contribution in [0.4, 0.5) is 4.39 Å². The van der Waals surface area contributed by atoms with Gasteiger partial charge in [0.15, 0.2) is 0 Å². The molecule has 0 aliphatic carbocycles. The minimum absolute atomic E-state index is 0.0495. The number of carbonyl (C=O) groups excluding carboxylic acids is 1. The fourth-order valence-corrected chi connectivity index (χ4v) is 2.65. The number of carbonyl (C=O) groups is 1. The van der Waals surface area contributed by atoms with Crippen LogP contribution in [0.15, 0.2) is 48.7 Å². The molecule has 0 aliphatic heterocycles. The lowest BCUT2D eigenvalue weighted by molar-refractivity contribution is -0.126. The summed E-state index contributed by atoms with van der Waals surface area (Å²) in [7, 11) is 3.89. The standard InChI is InChI=1S/C22H23FN4O2/c1-26(2)14-12-24-22(28)16-29-15-19-20(27-13-4-3-5-21(27)25-19)11-8-17-6-9-18(23)10-7-17/h3-7,9-10,13H,12,14-16H2,1-2H3,(H,24,28). The number of amides is 1. The number of ether oxygens (including phenoxy) is 1. The maximum absolute atomic E-state index is 13.1. The molecule has 1 aromatic carbocycles. The van der Waals surface area contributed by atoms with Gasteiger partial charge >= 0.3 is 0 Å². The molecule has 3 rings (SSSR count). The lowest BCUT2D eigenvalue weighted by Gasteiger charge is -2.10. The smallest absolute Gasteiger partial charge is 0.246 e. The third-order valence-corrected chi connectivity index (χ3v) is 4.12. The summed E-state index contributed by atoms with van der Waals surface area (Å²) in [6.45, 7) is 1.45. The Labute approximate surface area is 169 Å². The Kier molecular flexibility index (Phi) is 6.95. The molecule has 7 heteroatoms. The van der Waals surface area contributed by atoms with Gasteiger partial charge < -0.3 is 15.0 Å². The molecule has 0 saturated carbocycles. The molecule has 2 heterocycles. The minimum atomic E-state index is -0.303. The molecule has 6 nitrogen and oxygen atoms in total. The number of hydrogen-bond donors (Lipinski definition) is 1. The van der Waals surface area contributed by atoms with E-state index in [4.69, 9.17) is 4.74 Å². The van der Waals surface area contributed by atoms with E-state index in [1.807, 2.05) is 47.8 Å². The molecule has 0 unspecified atom stereocenters. The maximum atomic E-state index is 13.1. The van der Waals surface area contributed by atoms with E-state index in [9.17, 15) is 9.18 Å². The van der Waals surface area contributed by atoms with E-state index in [2.05, 4.69) is 22.1 Å². The Hall–Kier alpha value is -3.21. The van der Waals surface area contributed by atoms with Crippen LogP contribution in [0.2, 0.25) is 0 Å². The number of rotatable bonds is 7. The van der Waals surface area contributed by atoms with Crippen molar-refractivity contribution in [1.29, 1.82) is 0 Å². The third-order valence-electron chi connectivity index (χ3n) is 4.12. The van der Waals surface area contributed by atoms with Crippen molar-refractivity contribution in [2.45, 2.75) is 6.61 Å². The third kappa shape index (κ3) is 5.88. The Morgan fingerprint density at radius 3 is 2.76 bits per heavy atom. The minimum Gasteiger partial charge on any atom is -0.365 e. The van der Waals surface area contributed by atoms with E-state index < -0.39 is 0 Å². The van der Waals surface area contributed by atoms with Crippen molar-refractivity contribution in [2.75, 3.05) is 33.8 Å². The van der Waals surface area contributed by atoms with Crippen molar-refractivity contribution in [3.8, 4) is 11.8 Å². The summed E-state index contributed by atoms with van der Waals surface area (Å²) in [5, 5.41) is 2.80. The predicted molar refractivity (Wildman–Crippen MR) is 109 cm³/mol. The number of nitrogens with one attached hydrogen (secondary N) is 1. The highest BCUT2D eigenvalue weighted by molar-refractivity contribution is 5.77. The summed E-state index contributed by atoms with van der Waals surface area (Å²) in [4.78, 5) is 18.4. The number of likely N-dealkylation sites (N-methyl/N-ethyl adjacent to an activating group) is 1. The number of pyridine rings is 1. The highest BCUT2D eigenvalue weighted by atomic mass is 19.1. The lowest BCUT2D eigenvalue weighted by atomic mass is 10.2. The average Bonchev–Trinajstić information content (AvgIpc) is 3.05. The van der Waals surface area contributed by atoms with Gasteiger partial charge in [0.2, 0.25) is 5.91 Å². The van der Waals surface area contributed by atoms with E-state index in [0.717, 1.165) is 12.2 Å². The first-order valence-electron chi connectivity index (χ1n) is 9.25. The average molecular weight is 394 g/mol. The molecule has 0 spiro atoms. The Morgan fingerprint density at radius 1 is 1.21 bits per heavy atom. The van der Waals surface area contributed by atoms with Crippen LogP contribution in [0.1, 0.15) is 17.0 Å². The molecule has 0 fully saturated rings. The lowest BCUT2D eigenvalue weighted by Crippen LogP contribution is -2.33. The van der Waals surface area contributed by atoms with Crippen LogP contribution >= 0.6 is 0 Å². The number of hydrogen-bond acceptors (Lipinski definition) is 4. The first kappa shape index (κ1) is 20.5. The highest BCUT2D eigenvalue weighted by Crippen LogP contribution is 2.13. The largest absolute Gasteiger partial charge is 0.365 e. The van der Waals surface area contributed by atoms with Gasteiger partial charge in [-0.2, -0.15) is 0 Å². The SMILES string of the molecule is CN(C)CCNC(=O)COCc1nc2ccccn2c1C#Cc1ccc(F)cc1. The van der Waals surface area contributed by atoms with Crippen LogP contribution in [0, 0.1) is 17.7 Å². The second-order valence-corrected chi connectivity index (χ2v) is 6.74. The summed E-state index contributed by atoms with van der Waals surface area (Å²) in [5.41, 5.74) is 2.76. The molecule has 0 saturated heterocycles. The zero-order chi connectivity index (χ0) is 20.6. The van der Waals surface area contributed by atoms with E-state index in [1.165, 1.54) is 12.1 Å². The number of benzene rings is 1. The zero-order valence-corrected chi connectivity index (χ0v) is 16.5. The van der Waals surface area contributed by atoms with Crippen LogP contribution in [0.3, 0.4) is 0 Å². The first-order chi connectivity index (χ1) is 14.0. The monoisotopic (exact) mass is 394 g/mol. The van der Waals surface area contributed by atoms with Gasteiger partial charge in [0, 0.05) is 24.8 Å². The van der Waals surface area contributed by atoms with Crippen molar-refractivity contribution in [2.24, 2.45) is 0 Å². The van der Waals surface area contributed by atoms with Crippen molar-refractivity contribution in [3.05, 3.63) is 71.4 Å². The van der Waals surface area contributed by atoms with E-state index >= 15 is 0 Å². The Balaban J connectivity index is 1.70. The molecule has 0 radical (unpaired) electrons. The molecular weight excluding hydrogens is 371 g/mol. The van der Waals surface area contributed by atoms with Gasteiger partial charge in [-0.25, -0.2) is 9.37 Å². The van der Waals surface area contributed by atoms with Crippen LogP contribution in [-0.2, 0) is 16.1 Å². The molecule has 29 heavy (non-hydrogen) atoms. The molecule has 1 amide bonds. The quantitative estimate of drug-likeness (QED) is 0.624.